The van der Waals surface area contributed by atoms with Gasteiger partial charge in [0.1, 0.15) is 10.7 Å². The first kappa shape index (κ1) is 14.9. The molecule has 0 spiro atoms. The van der Waals surface area contributed by atoms with Gasteiger partial charge in [-0.2, -0.15) is 0 Å². The van der Waals surface area contributed by atoms with E-state index < -0.39 is 0 Å². The van der Waals surface area contributed by atoms with Gasteiger partial charge in [-0.3, -0.25) is 0 Å². The van der Waals surface area contributed by atoms with E-state index in [4.69, 9.17) is 4.98 Å². The molecule has 6 nitrogen and oxygen atoms in total. The van der Waals surface area contributed by atoms with Crippen LogP contribution in [0.3, 0.4) is 0 Å². The highest BCUT2D eigenvalue weighted by Crippen LogP contribution is 2.35. The summed E-state index contributed by atoms with van der Waals surface area (Å²) in [4.78, 5) is 16.0. The molecule has 4 aromatic rings. The molecule has 0 aromatic carbocycles. The molecule has 1 aliphatic heterocycles. The standard InChI is InChI=1S/C17H14N6S2/c1-10-5-11-6-12(25-17(11)19-7-10)9-23-16-15(21-22-23)18-8-13(20-16)14-3-2-4-24-14/h2-4,6-8,10H,5,9H2,1H3. The van der Waals surface area contributed by atoms with Crippen LogP contribution in [0.1, 0.15) is 17.4 Å². The Bertz CT molecular complexity index is 1080. The molecule has 8 heteroatoms. The first-order valence-electron chi connectivity index (χ1n) is 8.02. The maximum atomic E-state index is 4.73. The smallest absolute Gasteiger partial charge is 0.221 e. The Morgan fingerprint density at radius 3 is 3.20 bits per heavy atom. The quantitative estimate of drug-likeness (QED) is 0.550. The maximum Gasteiger partial charge on any atom is 0.221 e. The number of aromatic nitrogens is 5. The molecule has 0 saturated carbocycles. The van der Waals surface area contributed by atoms with Crippen LogP contribution in [0.4, 0.5) is 5.00 Å². The lowest BCUT2D eigenvalue weighted by Crippen LogP contribution is -2.04. The highest BCUT2D eigenvalue weighted by molar-refractivity contribution is 7.16. The molecule has 0 N–H and O–H groups in total. The van der Waals surface area contributed by atoms with E-state index in [1.807, 2.05) is 28.4 Å². The molecule has 0 saturated heterocycles. The normalized spacial score (nSPS) is 16.4. The molecule has 0 fully saturated rings. The number of fused-ring (bicyclic) bond motifs is 2. The van der Waals surface area contributed by atoms with Crippen LogP contribution in [0.15, 0.2) is 34.8 Å². The van der Waals surface area contributed by atoms with Gasteiger partial charge in [0.25, 0.3) is 0 Å². The van der Waals surface area contributed by atoms with E-state index >= 15 is 0 Å². The van der Waals surface area contributed by atoms with E-state index in [-0.39, 0.29) is 0 Å². The Kier molecular flexibility index (Phi) is 3.46. The lowest BCUT2D eigenvalue weighted by atomic mass is 10.0. The molecular formula is C17H14N6S2. The van der Waals surface area contributed by atoms with Gasteiger partial charge < -0.3 is 0 Å². The first-order chi connectivity index (χ1) is 12.3. The summed E-state index contributed by atoms with van der Waals surface area (Å²) in [5.41, 5.74) is 3.47. The second-order valence-corrected chi connectivity index (χ2v) is 8.19. The zero-order valence-electron chi connectivity index (χ0n) is 13.5. The molecule has 1 aliphatic rings. The van der Waals surface area contributed by atoms with Crippen molar-refractivity contribution in [3.63, 3.8) is 0 Å². The third-order valence-corrected chi connectivity index (χ3v) is 6.09. The molecule has 124 valence electrons. The molecule has 0 radical (unpaired) electrons. The number of thiophene rings is 2. The van der Waals surface area contributed by atoms with E-state index in [0.717, 1.165) is 22.0 Å². The van der Waals surface area contributed by atoms with Crippen molar-refractivity contribution in [3.8, 4) is 10.6 Å². The van der Waals surface area contributed by atoms with Crippen molar-refractivity contribution >= 4 is 45.2 Å². The third kappa shape index (κ3) is 2.67. The van der Waals surface area contributed by atoms with Gasteiger partial charge in [-0.25, -0.2) is 19.6 Å². The molecule has 1 unspecified atom stereocenters. The van der Waals surface area contributed by atoms with Crippen molar-refractivity contribution in [1.82, 2.24) is 25.0 Å². The SMILES string of the molecule is CC1C=Nc2sc(Cn3nnc4ncc(-c5cccs5)nc43)cc2C1. The summed E-state index contributed by atoms with van der Waals surface area (Å²) in [6.45, 7) is 2.83. The Labute approximate surface area is 151 Å². The summed E-state index contributed by atoms with van der Waals surface area (Å²) in [6.07, 6.45) is 4.84. The van der Waals surface area contributed by atoms with Gasteiger partial charge in [0.15, 0.2) is 5.65 Å². The molecule has 5 heterocycles. The van der Waals surface area contributed by atoms with E-state index in [9.17, 15) is 0 Å². The number of hydrogen-bond acceptors (Lipinski definition) is 7. The Hall–Kier alpha value is -2.45. The number of aliphatic imine (C=N–C) groups is 1. The van der Waals surface area contributed by atoms with Crippen LogP contribution in [0.25, 0.3) is 21.9 Å². The zero-order valence-corrected chi connectivity index (χ0v) is 15.1. The maximum absolute atomic E-state index is 4.73. The van der Waals surface area contributed by atoms with E-state index in [2.05, 4.69) is 33.3 Å². The van der Waals surface area contributed by atoms with Gasteiger partial charge in [0, 0.05) is 11.1 Å². The number of rotatable bonds is 3. The van der Waals surface area contributed by atoms with Gasteiger partial charge in [0.05, 0.1) is 17.6 Å². The van der Waals surface area contributed by atoms with Crippen LogP contribution in [0, 0.1) is 5.92 Å². The average Bonchev–Trinajstić information content (AvgIpc) is 3.34. The summed E-state index contributed by atoms with van der Waals surface area (Å²) < 4.78 is 1.82. The third-order valence-electron chi connectivity index (χ3n) is 4.13. The summed E-state index contributed by atoms with van der Waals surface area (Å²) in [5, 5.41) is 11.5. The largest absolute Gasteiger partial charge is 0.250 e. The number of nitrogens with zero attached hydrogens (tertiary/aromatic N) is 6. The van der Waals surface area contributed by atoms with Crippen molar-refractivity contribution in [3.05, 3.63) is 40.2 Å². The van der Waals surface area contributed by atoms with Crippen molar-refractivity contribution < 1.29 is 0 Å². The van der Waals surface area contributed by atoms with Crippen LogP contribution >= 0.6 is 22.7 Å². The summed E-state index contributed by atoms with van der Waals surface area (Å²) in [7, 11) is 0. The van der Waals surface area contributed by atoms with Crippen molar-refractivity contribution in [2.75, 3.05) is 0 Å². The molecular weight excluding hydrogens is 352 g/mol. The predicted octanol–water partition coefficient (Wildman–Crippen LogP) is 3.95. The summed E-state index contributed by atoms with van der Waals surface area (Å²) in [6, 6.07) is 6.29. The van der Waals surface area contributed by atoms with Crippen LogP contribution in [0.5, 0.6) is 0 Å². The molecule has 1 atom stereocenters. The molecule has 0 amide bonds. The van der Waals surface area contributed by atoms with Crippen LogP contribution in [-0.4, -0.2) is 31.2 Å². The van der Waals surface area contributed by atoms with Gasteiger partial charge in [-0.1, -0.05) is 18.2 Å². The van der Waals surface area contributed by atoms with Crippen molar-refractivity contribution in [1.29, 1.82) is 0 Å². The molecule has 25 heavy (non-hydrogen) atoms. The van der Waals surface area contributed by atoms with Crippen LogP contribution in [-0.2, 0) is 13.0 Å². The van der Waals surface area contributed by atoms with Crippen LogP contribution in [0.2, 0.25) is 0 Å². The summed E-state index contributed by atoms with van der Waals surface area (Å²) in [5.74, 6) is 0.501. The highest BCUT2D eigenvalue weighted by Gasteiger charge is 2.17. The second-order valence-electron chi connectivity index (χ2n) is 6.13. The van der Waals surface area contributed by atoms with Crippen molar-refractivity contribution in [2.24, 2.45) is 10.9 Å². The monoisotopic (exact) mass is 366 g/mol. The summed E-state index contributed by atoms with van der Waals surface area (Å²) >= 11 is 3.36. The lowest BCUT2D eigenvalue weighted by molar-refractivity contribution is 0.670. The minimum absolute atomic E-state index is 0.501. The molecule has 0 aliphatic carbocycles. The van der Waals surface area contributed by atoms with Gasteiger partial charge in [-0.15, -0.1) is 27.8 Å². The topological polar surface area (TPSA) is 68.8 Å². The van der Waals surface area contributed by atoms with E-state index in [1.54, 1.807) is 28.9 Å². The molecule has 4 aromatic heterocycles. The average molecular weight is 366 g/mol. The van der Waals surface area contributed by atoms with Gasteiger partial charge in [0.2, 0.25) is 5.65 Å². The fourth-order valence-corrected chi connectivity index (χ4v) is 4.66. The molecule has 0 bridgehead atoms. The van der Waals surface area contributed by atoms with E-state index in [0.29, 0.717) is 23.8 Å². The Morgan fingerprint density at radius 1 is 1.36 bits per heavy atom. The van der Waals surface area contributed by atoms with E-state index in [1.165, 1.54) is 10.4 Å². The molecule has 5 rings (SSSR count). The van der Waals surface area contributed by atoms with Crippen molar-refractivity contribution in [2.45, 2.75) is 19.9 Å². The predicted molar refractivity (Wildman–Crippen MR) is 101 cm³/mol. The number of hydrogen-bond donors (Lipinski definition) is 0. The Morgan fingerprint density at radius 2 is 2.32 bits per heavy atom. The van der Waals surface area contributed by atoms with Gasteiger partial charge >= 0.3 is 0 Å². The minimum Gasteiger partial charge on any atom is -0.250 e. The minimum atomic E-state index is 0.501. The Balaban J connectivity index is 1.51. The first-order valence-corrected chi connectivity index (χ1v) is 9.72. The van der Waals surface area contributed by atoms with Gasteiger partial charge in [-0.05, 0) is 35.4 Å². The van der Waals surface area contributed by atoms with Crippen LogP contribution < -0.4 is 0 Å². The fourth-order valence-electron chi connectivity index (χ4n) is 2.96. The second kappa shape index (κ2) is 5.82. The lowest BCUT2D eigenvalue weighted by Gasteiger charge is -2.09. The fraction of sp³-hybridized carbons (Fsp3) is 0.235. The zero-order chi connectivity index (χ0) is 16.8. The highest BCUT2D eigenvalue weighted by atomic mass is 32.1.